The lowest BCUT2D eigenvalue weighted by molar-refractivity contribution is -0.132. The largest absolute Gasteiger partial charge is 0.411 e. The fraction of sp³-hybridized carbons (Fsp3) is 0.947. The minimum Gasteiger partial charge on any atom is -0.411 e. The van der Waals surface area contributed by atoms with Crippen molar-refractivity contribution in [3.63, 3.8) is 0 Å². The van der Waals surface area contributed by atoms with E-state index >= 15 is 0 Å². The van der Waals surface area contributed by atoms with E-state index in [-0.39, 0.29) is 11.5 Å². The third-order valence-electron chi connectivity index (χ3n) is 8.57. The van der Waals surface area contributed by atoms with Crippen LogP contribution in [0.1, 0.15) is 65.2 Å². The van der Waals surface area contributed by atoms with Crippen molar-refractivity contribution in [2.75, 3.05) is 0 Å². The van der Waals surface area contributed by atoms with Crippen molar-refractivity contribution < 1.29 is 15.4 Å². The second-order valence-electron chi connectivity index (χ2n) is 9.33. The van der Waals surface area contributed by atoms with Gasteiger partial charge < -0.3 is 15.4 Å². The molecule has 4 saturated carbocycles. The molecule has 0 aromatic heterocycles. The SMILES string of the molecule is C[C@]12CCC3C(CC[C@H]4C[C@@H](O)CC[C@]34C)C1C/C(=N/O)[C@@H]2O. The highest BCUT2D eigenvalue weighted by Crippen LogP contribution is 2.65. The summed E-state index contributed by atoms with van der Waals surface area (Å²) < 4.78 is 0. The van der Waals surface area contributed by atoms with Gasteiger partial charge in [0.25, 0.3) is 0 Å². The number of hydrogen-bond donors (Lipinski definition) is 3. The zero-order chi connectivity index (χ0) is 16.4. The summed E-state index contributed by atoms with van der Waals surface area (Å²) >= 11 is 0. The summed E-state index contributed by atoms with van der Waals surface area (Å²) in [4.78, 5) is 0. The first-order valence-electron chi connectivity index (χ1n) is 9.47. The molecule has 4 aliphatic carbocycles. The van der Waals surface area contributed by atoms with Crippen molar-refractivity contribution in [1.29, 1.82) is 0 Å². The Morgan fingerprint density at radius 3 is 2.43 bits per heavy atom. The number of oxime groups is 1. The Balaban J connectivity index is 1.64. The third kappa shape index (κ3) is 2.07. The molecule has 3 unspecified atom stereocenters. The summed E-state index contributed by atoms with van der Waals surface area (Å²) in [5, 5.41) is 33.4. The first-order valence-corrected chi connectivity index (χ1v) is 9.47. The number of aliphatic hydroxyl groups is 2. The van der Waals surface area contributed by atoms with Crippen LogP contribution in [0.5, 0.6) is 0 Å². The van der Waals surface area contributed by atoms with Gasteiger partial charge in [-0.3, -0.25) is 0 Å². The Labute approximate surface area is 139 Å². The molecule has 4 fully saturated rings. The molecule has 0 aliphatic heterocycles. The molecule has 4 aliphatic rings. The quantitative estimate of drug-likeness (QED) is 0.474. The lowest BCUT2D eigenvalue weighted by Gasteiger charge is -2.60. The molecule has 4 heteroatoms. The second-order valence-corrected chi connectivity index (χ2v) is 9.33. The van der Waals surface area contributed by atoms with Gasteiger partial charge in [-0.2, -0.15) is 0 Å². The van der Waals surface area contributed by atoms with E-state index in [0.29, 0.717) is 34.8 Å². The van der Waals surface area contributed by atoms with Gasteiger partial charge in [-0.05, 0) is 80.5 Å². The maximum Gasteiger partial charge on any atom is 0.101 e. The zero-order valence-corrected chi connectivity index (χ0v) is 14.4. The van der Waals surface area contributed by atoms with Crippen molar-refractivity contribution in [1.82, 2.24) is 0 Å². The van der Waals surface area contributed by atoms with Gasteiger partial charge >= 0.3 is 0 Å². The van der Waals surface area contributed by atoms with E-state index in [9.17, 15) is 15.4 Å². The highest BCUT2D eigenvalue weighted by Gasteiger charge is 2.61. The van der Waals surface area contributed by atoms with Gasteiger partial charge in [-0.15, -0.1) is 0 Å². The maximum atomic E-state index is 10.6. The molecule has 0 aromatic carbocycles. The molecule has 0 spiro atoms. The van der Waals surface area contributed by atoms with Crippen LogP contribution in [-0.2, 0) is 0 Å². The van der Waals surface area contributed by atoms with Crippen LogP contribution in [-0.4, -0.2) is 33.3 Å². The van der Waals surface area contributed by atoms with E-state index in [1.54, 1.807) is 0 Å². The van der Waals surface area contributed by atoms with Crippen LogP contribution in [0.3, 0.4) is 0 Å². The molecule has 0 saturated heterocycles. The van der Waals surface area contributed by atoms with E-state index in [4.69, 9.17) is 0 Å². The van der Waals surface area contributed by atoms with Crippen molar-refractivity contribution in [2.45, 2.75) is 77.4 Å². The fourth-order valence-corrected chi connectivity index (χ4v) is 7.12. The van der Waals surface area contributed by atoms with Gasteiger partial charge in [0.15, 0.2) is 0 Å². The van der Waals surface area contributed by atoms with Gasteiger partial charge in [-0.1, -0.05) is 19.0 Å². The average molecular weight is 321 g/mol. The first-order chi connectivity index (χ1) is 10.9. The molecule has 8 atom stereocenters. The number of aliphatic hydroxyl groups excluding tert-OH is 2. The van der Waals surface area contributed by atoms with Crippen LogP contribution in [0.25, 0.3) is 0 Å². The summed E-state index contributed by atoms with van der Waals surface area (Å²) in [5.41, 5.74) is 0.845. The van der Waals surface area contributed by atoms with Crippen molar-refractivity contribution in [2.24, 2.45) is 39.7 Å². The van der Waals surface area contributed by atoms with E-state index in [0.717, 1.165) is 32.1 Å². The zero-order valence-electron chi connectivity index (χ0n) is 14.4. The van der Waals surface area contributed by atoms with Crippen LogP contribution in [0.2, 0.25) is 0 Å². The Kier molecular flexibility index (Phi) is 3.59. The molecule has 0 bridgehead atoms. The predicted molar refractivity (Wildman–Crippen MR) is 88.3 cm³/mol. The van der Waals surface area contributed by atoms with Crippen LogP contribution >= 0.6 is 0 Å². The first kappa shape index (κ1) is 15.9. The van der Waals surface area contributed by atoms with E-state index < -0.39 is 6.10 Å². The summed E-state index contributed by atoms with van der Waals surface area (Å²) in [6, 6.07) is 0. The summed E-state index contributed by atoms with van der Waals surface area (Å²) in [6.45, 7) is 4.67. The van der Waals surface area contributed by atoms with Gasteiger partial charge in [-0.25, -0.2) is 0 Å². The van der Waals surface area contributed by atoms with Crippen LogP contribution < -0.4 is 0 Å². The summed E-state index contributed by atoms with van der Waals surface area (Å²) in [7, 11) is 0. The highest BCUT2D eigenvalue weighted by atomic mass is 16.4. The van der Waals surface area contributed by atoms with Crippen molar-refractivity contribution in [3.8, 4) is 0 Å². The number of rotatable bonds is 0. The molecule has 4 rings (SSSR count). The van der Waals surface area contributed by atoms with Gasteiger partial charge in [0.2, 0.25) is 0 Å². The summed E-state index contributed by atoms with van der Waals surface area (Å²) in [5.74, 6) is 2.46. The molecule has 23 heavy (non-hydrogen) atoms. The molecule has 0 aromatic rings. The topological polar surface area (TPSA) is 73.1 Å². The van der Waals surface area contributed by atoms with Gasteiger partial charge in [0, 0.05) is 5.41 Å². The van der Waals surface area contributed by atoms with Gasteiger partial charge in [0.05, 0.1) is 11.8 Å². The number of fused-ring (bicyclic) bond motifs is 5. The van der Waals surface area contributed by atoms with Gasteiger partial charge in [0.1, 0.15) is 6.10 Å². The molecular formula is C19H31NO3. The van der Waals surface area contributed by atoms with Crippen LogP contribution in [0.4, 0.5) is 0 Å². The molecule has 3 N–H and O–H groups in total. The molecule has 130 valence electrons. The maximum absolute atomic E-state index is 10.6. The molecular weight excluding hydrogens is 290 g/mol. The Morgan fingerprint density at radius 2 is 1.70 bits per heavy atom. The van der Waals surface area contributed by atoms with Crippen molar-refractivity contribution >= 4 is 5.71 Å². The van der Waals surface area contributed by atoms with Crippen LogP contribution in [0, 0.1) is 34.5 Å². The lowest BCUT2D eigenvalue weighted by Crippen LogP contribution is -2.54. The molecule has 0 amide bonds. The Morgan fingerprint density at radius 1 is 0.957 bits per heavy atom. The van der Waals surface area contributed by atoms with E-state index in [1.807, 2.05) is 0 Å². The van der Waals surface area contributed by atoms with Crippen LogP contribution in [0.15, 0.2) is 5.16 Å². The Bertz CT molecular complexity index is 521. The minimum absolute atomic E-state index is 0.0973. The number of hydrogen-bond acceptors (Lipinski definition) is 4. The third-order valence-corrected chi connectivity index (χ3v) is 8.57. The van der Waals surface area contributed by atoms with Crippen molar-refractivity contribution in [3.05, 3.63) is 0 Å². The van der Waals surface area contributed by atoms with E-state index in [1.165, 1.54) is 19.3 Å². The standard InChI is InChI=1S/C19H31NO3/c1-18-7-5-12(21)9-11(18)3-4-13-14(18)6-8-19(2)15(13)10-16(20-23)17(19)22/h11-15,17,21-23H,3-10H2,1-2H3/b20-16-/t11-,12-,13?,14?,15?,17-,18-,19-/m0/s1. The minimum atomic E-state index is -0.572. The lowest BCUT2D eigenvalue weighted by atomic mass is 9.45. The van der Waals surface area contributed by atoms with E-state index in [2.05, 4.69) is 19.0 Å². The molecule has 0 heterocycles. The second kappa shape index (κ2) is 5.19. The predicted octanol–water partition coefficient (Wildman–Crippen LogP) is 3.19. The molecule has 4 nitrogen and oxygen atoms in total. The smallest absolute Gasteiger partial charge is 0.101 e. The average Bonchev–Trinajstić information content (AvgIpc) is 2.79. The highest BCUT2D eigenvalue weighted by molar-refractivity contribution is 5.91. The Hall–Kier alpha value is -0.610. The normalized spacial score (nSPS) is 57.7. The molecule has 0 radical (unpaired) electrons. The number of nitrogens with zero attached hydrogens (tertiary/aromatic N) is 1. The fourth-order valence-electron chi connectivity index (χ4n) is 7.12. The monoisotopic (exact) mass is 321 g/mol. The summed E-state index contributed by atoms with van der Waals surface area (Å²) in [6.07, 6.45) is 7.80.